The zero-order valence-corrected chi connectivity index (χ0v) is 13.5. The van der Waals surface area contributed by atoms with Gasteiger partial charge in [0, 0.05) is 5.56 Å². The number of amides is 1. The van der Waals surface area contributed by atoms with E-state index >= 15 is 0 Å². The fourth-order valence-electron chi connectivity index (χ4n) is 2.00. The van der Waals surface area contributed by atoms with Crippen molar-refractivity contribution in [3.05, 3.63) is 54.1 Å². The fourth-order valence-corrected chi connectivity index (χ4v) is 3.06. The van der Waals surface area contributed by atoms with Crippen LogP contribution < -0.4 is 10.1 Å². The lowest BCUT2D eigenvalue weighted by Crippen LogP contribution is -2.15. The van der Waals surface area contributed by atoms with Crippen molar-refractivity contribution in [2.45, 2.75) is 18.4 Å². The van der Waals surface area contributed by atoms with Gasteiger partial charge in [0.25, 0.3) is 5.91 Å². The van der Waals surface area contributed by atoms with E-state index in [0.717, 1.165) is 6.07 Å². The molecule has 2 aromatic carbocycles. The van der Waals surface area contributed by atoms with Crippen molar-refractivity contribution in [2.24, 2.45) is 0 Å². The van der Waals surface area contributed by atoms with E-state index in [1.165, 1.54) is 37.3 Å². The Morgan fingerprint density at radius 1 is 1.17 bits per heavy atom. The van der Waals surface area contributed by atoms with Gasteiger partial charge in [0.2, 0.25) is 0 Å². The number of benzene rings is 2. The van der Waals surface area contributed by atoms with Gasteiger partial charge in [-0.3, -0.25) is 4.79 Å². The summed E-state index contributed by atoms with van der Waals surface area (Å²) in [4.78, 5) is 12.3. The molecule has 5 nitrogen and oxygen atoms in total. The number of carbonyl (C=O) groups excluding carboxylic acids is 1. The lowest BCUT2D eigenvalue weighted by Gasteiger charge is -2.11. The zero-order chi connectivity index (χ0) is 17.7. The van der Waals surface area contributed by atoms with Crippen LogP contribution in [0.1, 0.15) is 17.3 Å². The van der Waals surface area contributed by atoms with Crippen LogP contribution in [0.3, 0.4) is 0 Å². The SMILES string of the molecule is CCS(=O)(=O)c1ccccc1NC(=O)c1cccc(OC(F)F)c1. The topological polar surface area (TPSA) is 72.5 Å². The van der Waals surface area contributed by atoms with Gasteiger partial charge in [-0.2, -0.15) is 8.78 Å². The summed E-state index contributed by atoms with van der Waals surface area (Å²) >= 11 is 0. The summed E-state index contributed by atoms with van der Waals surface area (Å²) < 4.78 is 52.8. The van der Waals surface area contributed by atoms with Gasteiger partial charge in [0.15, 0.2) is 9.84 Å². The first-order valence-electron chi connectivity index (χ1n) is 7.01. The summed E-state index contributed by atoms with van der Waals surface area (Å²) in [5.41, 5.74) is 0.196. The normalized spacial score (nSPS) is 11.3. The van der Waals surface area contributed by atoms with E-state index in [4.69, 9.17) is 0 Å². The molecule has 0 heterocycles. The molecule has 0 aromatic heterocycles. The second kappa shape index (κ2) is 7.39. The summed E-state index contributed by atoms with van der Waals surface area (Å²) in [5, 5.41) is 2.49. The maximum Gasteiger partial charge on any atom is 0.387 e. The van der Waals surface area contributed by atoms with Crippen LogP contribution in [0.15, 0.2) is 53.4 Å². The third kappa shape index (κ3) is 4.29. The summed E-state index contributed by atoms with van der Waals surface area (Å²) in [6, 6.07) is 11.2. The Morgan fingerprint density at radius 2 is 1.88 bits per heavy atom. The van der Waals surface area contributed by atoms with E-state index < -0.39 is 22.4 Å². The molecule has 0 atom stereocenters. The third-order valence-corrected chi connectivity index (χ3v) is 4.96. The lowest BCUT2D eigenvalue weighted by molar-refractivity contribution is -0.0498. The molecule has 8 heteroatoms. The molecule has 0 saturated carbocycles. The molecule has 0 saturated heterocycles. The Hall–Kier alpha value is -2.48. The predicted molar refractivity (Wildman–Crippen MR) is 85.2 cm³/mol. The minimum atomic E-state index is -3.52. The number of carbonyl (C=O) groups is 1. The molecule has 0 fully saturated rings. The van der Waals surface area contributed by atoms with E-state index in [0.29, 0.717) is 0 Å². The minimum Gasteiger partial charge on any atom is -0.435 e. The number of anilines is 1. The van der Waals surface area contributed by atoms with Crippen LogP contribution in [0.5, 0.6) is 5.75 Å². The van der Waals surface area contributed by atoms with Gasteiger partial charge in [-0.1, -0.05) is 25.1 Å². The largest absolute Gasteiger partial charge is 0.435 e. The summed E-state index contributed by atoms with van der Waals surface area (Å²) in [6.45, 7) is -1.50. The van der Waals surface area contributed by atoms with Crippen LogP contribution >= 0.6 is 0 Å². The molecule has 0 aliphatic rings. The van der Waals surface area contributed by atoms with Crippen LogP contribution in [0, 0.1) is 0 Å². The number of para-hydroxylation sites is 1. The highest BCUT2D eigenvalue weighted by molar-refractivity contribution is 7.91. The van der Waals surface area contributed by atoms with Crippen molar-refractivity contribution in [3.63, 3.8) is 0 Å². The molecule has 128 valence electrons. The Balaban J connectivity index is 2.28. The van der Waals surface area contributed by atoms with Crippen molar-refractivity contribution in [1.82, 2.24) is 0 Å². The van der Waals surface area contributed by atoms with Gasteiger partial charge in [-0.05, 0) is 30.3 Å². The quantitative estimate of drug-likeness (QED) is 0.863. The summed E-state index contributed by atoms with van der Waals surface area (Å²) in [5.74, 6) is -0.905. The zero-order valence-electron chi connectivity index (χ0n) is 12.7. The Morgan fingerprint density at radius 3 is 2.54 bits per heavy atom. The first kappa shape index (κ1) is 17.9. The molecule has 0 spiro atoms. The monoisotopic (exact) mass is 355 g/mol. The highest BCUT2D eigenvalue weighted by Crippen LogP contribution is 2.23. The van der Waals surface area contributed by atoms with Gasteiger partial charge in [-0.15, -0.1) is 0 Å². The number of halogens is 2. The van der Waals surface area contributed by atoms with Gasteiger partial charge < -0.3 is 10.1 Å². The predicted octanol–water partition coefficient (Wildman–Crippen LogP) is 3.33. The van der Waals surface area contributed by atoms with E-state index in [1.54, 1.807) is 12.1 Å². The molecule has 2 aromatic rings. The molecule has 1 amide bonds. The van der Waals surface area contributed by atoms with Crippen molar-refractivity contribution < 1.29 is 26.7 Å². The average Bonchev–Trinajstić information content (AvgIpc) is 2.55. The van der Waals surface area contributed by atoms with Crippen LogP contribution in [0.4, 0.5) is 14.5 Å². The molecule has 24 heavy (non-hydrogen) atoms. The van der Waals surface area contributed by atoms with Crippen LogP contribution in [-0.2, 0) is 9.84 Å². The maximum atomic E-state index is 12.3. The van der Waals surface area contributed by atoms with Crippen LogP contribution in [-0.4, -0.2) is 26.7 Å². The van der Waals surface area contributed by atoms with Crippen molar-refractivity contribution in [1.29, 1.82) is 0 Å². The van der Waals surface area contributed by atoms with Crippen LogP contribution in [0.25, 0.3) is 0 Å². The van der Waals surface area contributed by atoms with Gasteiger partial charge in [0.1, 0.15) is 5.75 Å². The molecular formula is C16H15F2NO4S. The Bertz CT molecular complexity index is 837. The van der Waals surface area contributed by atoms with E-state index in [9.17, 15) is 22.0 Å². The number of alkyl halides is 2. The average molecular weight is 355 g/mol. The molecule has 0 bridgehead atoms. The standard InChI is InChI=1S/C16H15F2NO4S/c1-2-24(21,22)14-9-4-3-8-13(14)19-15(20)11-6-5-7-12(10-11)23-16(17)18/h3-10,16H,2H2,1H3,(H,19,20). The van der Waals surface area contributed by atoms with Crippen molar-refractivity contribution in [3.8, 4) is 5.75 Å². The van der Waals surface area contributed by atoms with E-state index in [-0.39, 0.29) is 27.6 Å². The van der Waals surface area contributed by atoms with Gasteiger partial charge in [0.05, 0.1) is 16.3 Å². The molecule has 0 aliphatic heterocycles. The highest BCUT2D eigenvalue weighted by Gasteiger charge is 2.18. The van der Waals surface area contributed by atoms with Gasteiger partial charge in [-0.25, -0.2) is 8.42 Å². The van der Waals surface area contributed by atoms with E-state index in [1.807, 2.05) is 0 Å². The number of hydrogen-bond donors (Lipinski definition) is 1. The van der Waals surface area contributed by atoms with Crippen molar-refractivity contribution in [2.75, 3.05) is 11.1 Å². The first-order chi connectivity index (χ1) is 11.3. The maximum absolute atomic E-state index is 12.3. The Kier molecular flexibility index (Phi) is 5.50. The molecule has 1 N–H and O–H groups in total. The smallest absolute Gasteiger partial charge is 0.387 e. The second-order valence-electron chi connectivity index (χ2n) is 4.76. The summed E-state index contributed by atoms with van der Waals surface area (Å²) in [7, 11) is -3.52. The summed E-state index contributed by atoms with van der Waals surface area (Å²) in [6.07, 6.45) is 0. The third-order valence-electron chi connectivity index (χ3n) is 3.17. The molecule has 0 aliphatic carbocycles. The van der Waals surface area contributed by atoms with Crippen molar-refractivity contribution >= 4 is 21.4 Å². The first-order valence-corrected chi connectivity index (χ1v) is 8.66. The molecular weight excluding hydrogens is 340 g/mol. The highest BCUT2D eigenvalue weighted by atomic mass is 32.2. The minimum absolute atomic E-state index is 0.000773. The lowest BCUT2D eigenvalue weighted by atomic mass is 10.2. The van der Waals surface area contributed by atoms with Gasteiger partial charge >= 0.3 is 6.61 Å². The molecule has 0 unspecified atom stereocenters. The number of hydrogen-bond acceptors (Lipinski definition) is 4. The molecule has 0 radical (unpaired) electrons. The number of ether oxygens (including phenoxy) is 1. The number of nitrogens with one attached hydrogen (secondary N) is 1. The Labute approximate surface area is 138 Å². The fraction of sp³-hybridized carbons (Fsp3) is 0.188. The number of rotatable bonds is 6. The molecule has 2 rings (SSSR count). The van der Waals surface area contributed by atoms with E-state index in [2.05, 4.69) is 10.1 Å². The van der Waals surface area contributed by atoms with Crippen LogP contribution in [0.2, 0.25) is 0 Å². The second-order valence-corrected chi connectivity index (χ2v) is 7.01. The number of sulfone groups is 1.